The van der Waals surface area contributed by atoms with Crippen LogP contribution in [-0.4, -0.2) is 29.1 Å². The van der Waals surface area contributed by atoms with Gasteiger partial charge >= 0.3 is 5.97 Å². The molecular weight excluding hydrogens is 270 g/mol. The maximum Gasteiger partial charge on any atom is 0.307 e. The summed E-state index contributed by atoms with van der Waals surface area (Å²) in [6, 6.07) is 9.60. The zero-order chi connectivity index (χ0) is 15.5. The first kappa shape index (κ1) is 15.5. The van der Waals surface area contributed by atoms with Crippen LogP contribution in [0.15, 0.2) is 30.3 Å². The quantitative estimate of drug-likeness (QED) is 0.799. The number of carbonyl (C=O) groups is 2. The van der Waals surface area contributed by atoms with Crippen molar-refractivity contribution in [1.29, 1.82) is 0 Å². The lowest BCUT2D eigenvalue weighted by atomic mass is 10.1. The van der Waals surface area contributed by atoms with Crippen LogP contribution in [-0.2, 0) is 25.7 Å². The molecule has 0 radical (unpaired) electrons. The molecule has 1 heterocycles. The zero-order valence-corrected chi connectivity index (χ0v) is 12.7. The Morgan fingerprint density at radius 1 is 1.33 bits per heavy atom. The molecule has 0 bridgehead atoms. The fraction of sp³-hybridized carbons (Fsp3) is 0.500. The Labute approximate surface area is 124 Å². The molecule has 0 unspecified atom stereocenters. The molecule has 1 amide bonds. The Bertz CT molecular complexity index is 507. The summed E-state index contributed by atoms with van der Waals surface area (Å²) in [5, 5.41) is 1.32. The largest absolute Gasteiger partial charge is 0.460 e. The van der Waals surface area contributed by atoms with Gasteiger partial charge in [0, 0.05) is 0 Å². The zero-order valence-electron chi connectivity index (χ0n) is 12.7. The van der Waals surface area contributed by atoms with Crippen molar-refractivity contribution in [2.75, 3.05) is 6.61 Å². The highest BCUT2D eigenvalue weighted by Crippen LogP contribution is 2.22. The first-order chi connectivity index (χ1) is 9.85. The number of amides is 1. The summed E-state index contributed by atoms with van der Waals surface area (Å²) in [5.74, 6) is -0.987. The minimum Gasteiger partial charge on any atom is -0.460 e. The molecule has 1 aromatic rings. The molecule has 1 saturated heterocycles. The Morgan fingerprint density at radius 2 is 2.00 bits per heavy atom. The Hall–Kier alpha value is -1.88. The van der Waals surface area contributed by atoms with E-state index >= 15 is 0 Å². The normalized spacial score (nSPS) is 18.9. The fourth-order valence-corrected chi connectivity index (χ4v) is 2.12. The molecule has 0 saturated carbocycles. The van der Waals surface area contributed by atoms with E-state index in [0.29, 0.717) is 6.54 Å². The summed E-state index contributed by atoms with van der Waals surface area (Å²) in [4.78, 5) is 29.4. The third kappa shape index (κ3) is 4.56. The maximum atomic E-state index is 12.2. The van der Waals surface area contributed by atoms with E-state index in [1.54, 1.807) is 20.8 Å². The summed E-state index contributed by atoms with van der Waals surface area (Å²) in [5.41, 5.74) is 0.451. The smallest absolute Gasteiger partial charge is 0.307 e. The number of esters is 1. The molecule has 1 aliphatic rings. The second-order valence-electron chi connectivity index (χ2n) is 6.14. The molecular formula is C16H21NO4. The van der Waals surface area contributed by atoms with Gasteiger partial charge in [-0.15, -0.1) is 0 Å². The molecule has 114 valence electrons. The third-order valence-electron chi connectivity index (χ3n) is 3.03. The molecule has 5 heteroatoms. The van der Waals surface area contributed by atoms with Crippen molar-refractivity contribution in [3.8, 4) is 0 Å². The molecule has 0 aromatic heterocycles. The summed E-state index contributed by atoms with van der Waals surface area (Å²) in [6.45, 7) is 6.04. The van der Waals surface area contributed by atoms with Crippen LogP contribution in [0.2, 0.25) is 0 Å². The van der Waals surface area contributed by atoms with Gasteiger partial charge in [-0.25, -0.2) is 5.06 Å². The molecule has 0 aliphatic carbocycles. The molecule has 1 fully saturated rings. The van der Waals surface area contributed by atoms with Gasteiger partial charge in [0.05, 0.1) is 25.5 Å². The molecule has 0 spiro atoms. The summed E-state index contributed by atoms with van der Waals surface area (Å²) in [7, 11) is 0. The van der Waals surface area contributed by atoms with E-state index in [-0.39, 0.29) is 24.9 Å². The van der Waals surface area contributed by atoms with Gasteiger partial charge in [-0.05, 0) is 26.3 Å². The molecule has 21 heavy (non-hydrogen) atoms. The summed E-state index contributed by atoms with van der Waals surface area (Å²) < 4.78 is 5.24. The Kier molecular flexibility index (Phi) is 4.63. The molecule has 1 aromatic carbocycles. The number of hydrogen-bond donors (Lipinski definition) is 0. The lowest BCUT2D eigenvalue weighted by Crippen LogP contribution is -2.29. The number of carbonyl (C=O) groups excluding carboxylic acids is 2. The number of nitrogens with zero attached hydrogens (tertiary/aromatic N) is 1. The SMILES string of the molecule is CC(C)(C)OC(=O)C[C@@H]1CON(Cc2ccccc2)C1=O. The van der Waals surface area contributed by atoms with Crippen molar-refractivity contribution in [2.45, 2.75) is 39.3 Å². The minimum absolute atomic E-state index is 0.0569. The second kappa shape index (κ2) is 6.26. The van der Waals surface area contributed by atoms with Crippen LogP contribution in [0.4, 0.5) is 0 Å². The number of hydroxylamine groups is 2. The van der Waals surface area contributed by atoms with Gasteiger partial charge in [-0.3, -0.25) is 14.4 Å². The lowest BCUT2D eigenvalue weighted by Gasteiger charge is -2.20. The van der Waals surface area contributed by atoms with E-state index in [9.17, 15) is 9.59 Å². The Balaban J connectivity index is 1.88. The molecule has 1 aliphatic heterocycles. The van der Waals surface area contributed by atoms with Crippen LogP contribution < -0.4 is 0 Å². The predicted molar refractivity (Wildman–Crippen MR) is 76.9 cm³/mol. The Morgan fingerprint density at radius 3 is 2.62 bits per heavy atom. The van der Waals surface area contributed by atoms with Gasteiger partial charge < -0.3 is 4.74 Å². The second-order valence-corrected chi connectivity index (χ2v) is 6.14. The van der Waals surface area contributed by atoms with Gasteiger partial charge in [-0.2, -0.15) is 0 Å². The monoisotopic (exact) mass is 291 g/mol. The third-order valence-corrected chi connectivity index (χ3v) is 3.03. The van der Waals surface area contributed by atoms with Crippen molar-refractivity contribution in [3.63, 3.8) is 0 Å². The van der Waals surface area contributed by atoms with Crippen molar-refractivity contribution >= 4 is 11.9 Å². The average Bonchev–Trinajstić information content (AvgIpc) is 2.70. The number of benzene rings is 1. The van der Waals surface area contributed by atoms with E-state index in [4.69, 9.17) is 9.57 Å². The molecule has 5 nitrogen and oxygen atoms in total. The van der Waals surface area contributed by atoms with Crippen LogP contribution >= 0.6 is 0 Å². The van der Waals surface area contributed by atoms with E-state index in [1.807, 2.05) is 30.3 Å². The van der Waals surface area contributed by atoms with Crippen molar-refractivity contribution in [3.05, 3.63) is 35.9 Å². The van der Waals surface area contributed by atoms with Gasteiger partial charge in [0.25, 0.3) is 5.91 Å². The van der Waals surface area contributed by atoms with Crippen LogP contribution in [0.1, 0.15) is 32.8 Å². The van der Waals surface area contributed by atoms with E-state index in [2.05, 4.69) is 0 Å². The molecule has 1 atom stereocenters. The first-order valence-corrected chi connectivity index (χ1v) is 7.05. The fourth-order valence-electron chi connectivity index (χ4n) is 2.12. The summed E-state index contributed by atoms with van der Waals surface area (Å²) >= 11 is 0. The van der Waals surface area contributed by atoms with E-state index in [1.165, 1.54) is 5.06 Å². The topological polar surface area (TPSA) is 55.8 Å². The number of rotatable bonds is 4. The highest BCUT2D eigenvalue weighted by molar-refractivity contribution is 5.84. The minimum atomic E-state index is -0.538. The predicted octanol–water partition coefficient (Wildman–Crippen LogP) is 2.31. The average molecular weight is 291 g/mol. The highest BCUT2D eigenvalue weighted by atomic mass is 16.7. The van der Waals surface area contributed by atoms with Crippen molar-refractivity contribution < 1.29 is 19.2 Å². The van der Waals surface area contributed by atoms with Crippen LogP contribution in [0.25, 0.3) is 0 Å². The van der Waals surface area contributed by atoms with Crippen LogP contribution in [0.5, 0.6) is 0 Å². The van der Waals surface area contributed by atoms with Gasteiger partial charge in [-0.1, -0.05) is 30.3 Å². The molecule has 2 rings (SSSR count). The van der Waals surface area contributed by atoms with Crippen LogP contribution in [0.3, 0.4) is 0 Å². The van der Waals surface area contributed by atoms with Crippen molar-refractivity contribution in [1.82, 2.24) is 5.06 Å². The molecule has 0 N–H and O–H groups in total. The van der Waals surface area contributed by atoms with E-state index in [0.717, 1.165) is 5.56 Å². The number of hydrogen-bond acceptors (Lipinski definition) is 4. The standard InChI is InChI=1S/C16H21NO4/c1-16(2,3)21-14(18)9-13-11-20-17(15(13)19)10-12-7-5-4-6-8-12/h4-8,13H,9-11H2,1-3H3/t13-/m1/s1. The van der Waals surface area contributed by atoms with Crippen molar-refractivity contribution in [2.24, 2.45) is 5.92 Å². The lowest BCUT2D eigenvalue weighted by molar-refractivity contribution is -0.165. The number of ether oxygens (including phenoxy) is 1. The first-order valence-electron chi connectivity index (χ1n) is 7.05. The van der Waals surface area contributed by atoms with Crippen LogP contribution in [0, 0.1) is 5.92 Å². The summed E-state index contributed by atoms with van der Waals surface area (Å²) in [6.07, 6.45) is 0.0569. The van der Waals surface area contributed by atoms with Gasteiger partial charge in [0.2, 0.25) is 0 Å². The van der Waals surface area contributed by atoms with Gasteiger partial charge in [0.1, 0.15) is 5.60 Å². The maximum absolute atomic E-state index is 12.2. The van der Waals surface area contributed by atoms with E-state index < -0.39 is 11.5 Å². The highest BCUT2D eigenvalue weighted by Gasteiger charge is 2.35. The van der Waals surface area contributed by atoms with Gasteiger partial charge in [0.15, 0.2) is 0 Å².